The van der Waals surface area contributed by atoms with Crippen LogP contribution < -0.4 is 15.5 Å². The molecule has 2 aromatic heterocycles. The lowest BCUT2D eigenvalue weighted by Gasteiger charge is -2.70. The van der Waals surface area contributed by atoms with E-state index in [2.05, 4.69) is 19.9 Å². The van der Waals surface area contributed by atoms with Gasteiger partial charge in [-0.1, -0.05) is 0 Å². The zero-order valence-electron chi connectivity index (χ0n) is 19.6. The summed E-state index contributed by atoms with van der Waals surface area (Å²) in [6.45, 7) is 0.662. The van der Waals surface area contributed by atoms with Crippen LogP contribution in [-0.2, 0) is 9.47 Å². The average Bonchev–Trinajstić information content (AvgIpc) is 3.38. The van der Waals surface area contributed by atoms with Crippen LogP contribution in [-0.4, -0.2) is 82.4 Å². The molecule has 4 saturated heterocycles. The van der Waals surface area contributed by atoms with Crippen molar-refractivity contribution in [2.24, 2.45) is 10.8 Å². The molecule has 6 heterocycles. The quantitative estimate of drug-likeness (QED) is 0.586. The number of aromatic nitrogens is 4. The highest BCUT2D eigenvalue weighted by Crippen LogP contribution is 2.69. The first-order valence-corrected chi connectivity index (χ1v) is 12.3. The molecular weight excluding hydrogens is 520 g/mol. The molecule has 6 atom stereocenters. The summed E-state index contributed by atoms with van der Waals surface area (Å²) in [5, 5.41) is 0. The number of pyridine rings is 1. The van der Waals surface area contributed by atoms with Gasteiger partial charge in [0, 0.05) is 41.0 Å². The zero-order valence-corrected chi connectivity index (χ0v) is 19.6. The molecular formula is C23H21F6N7O2. The Bertz CT molecular complexity index is 1310. The second-order valence-electron chi connectivity index (χ2n) is 11.3. The Morgan fingerprint density at radius 2 is 1.39 bits per heavy atom. The topological polar surface area (TPSA) is 103 Å². The number of piperidine rings is 2. The SMILES string of the molecule is Nc1cc(C(F)F)c(-c2nc(N3C4COCC45CC(F)(F)C35)nc(N3C4COCC45CC(F)(F)C35)n2)cn1. The molecule has 0 amide bonds. The van der Waals surface area contributed by atoms with Crippen LogP contribution in [0.5, 0.6) is 0 Å². The molecule has 0 bridgehead atoms. The van der Waals surface area contributed by atoms with Gasteiger partial charge in [0.1, 0.15) is 17.9 Å². The summed E-state index contributed by atoms with van der Waals surface area (Å²) in [6.07, 6.45) is -2.59. The van der Waals surface area contributed by atoms with Gasteiger partial charge in [-0.25, -0.2) is 31.3 Å². The maximum absolute atomic E-state index is 14.8. The van der Waals surface area contributed by atoms with Crippen LogP contribution in [0.15, 0.2) is 12.3 Å². The van der Waals surface area contributed by atoms with E-state index in [1.807, 2.05) is 0 Å². The summed E-state index contributed by atoms with van der Waals surface area (Å²) in [6, 6.07) is -2.43. The smallest absolute Gasteiger partial charge is 0.269 e. The van der Waals surface area contributed by atoms with Crippen molar-refractivity contribution in [1.29, 1.82) is 0 Å². The van der Waals surface area contributed by atoms with E-state index in [1.165, 1.54) is 9.80 Å². The van der Waals surface area contributed by atoms with Gasteiger partial charge in [0.15, 0.2) is 5.82 Å². The van der Waals surface area contributed by atoms with Crippen molar-refractivity contribution < 1.29 is 35.8 Å². The van der Waals surface area contributed by atoms with Gasteiger partial charge in [-0.05, 0) is 6.07 Å². The first-order valence-electron chi connectivity index (χ1n) is 12.3. The standard InChI is InChI=1S/C23H21F6N7O2/c24-14(25)9-1-13(30)31-2-10(9)15-32-18(35-11-3-37-7-20(11)5-22(26,27)16(20)35)34-19(33-15)36-12-4-38-8-21(12)6-23(28,29)17(21)36/h1-2,11-12,14,16-17H,3-8H2,(H2,30,31). The Morgan fingerprint density at radius 3 is 1.87 bits per heavy atom. The van der Waals surface area contributed by atoms with E-state index in [-0.39, 0.29) is 68.4 Å². The van der Waals surface area contributed by atoms with E-state index >= 15 is 0 Å². The number of halogens is 6. The van der Waals surface area contributed by atoms with E-state index in [0.29, 0.717) is 0 Å². The van der Waals surface area contributed by atoms with E-state index in [1.54, 1.807) is 0 Å². The molecule has 6 aliphatic rings. The highest BCUT2D eigenvalue weighted by molar-refractivity contribution is 5.66. The van der Waals surface area contributed by atoms with Crippen molar-refractivity contribution in [3.8, 4) is 11.4 Å². The van der Waals surface area contributed by atoms with Crippen molar-refractivity contribution in [3.63, 3.8) is 0 Å². The summed E-state index contributed by atoms with van der Waals surface area (Å²) in [5.41, 5.74) is 3.40. The van der Waals surface area contributed by atoms with Crippen molar-refractivity contribution in [3.05, 3.63) is 17.8 Å². The van der Waals surface area contributed by atoms with E-state index in [0.717, 1.165) is 12.3 Å². The molecule has 15 heteroatoms. The Hall–Kier alpha value is -2.94. The molecule has 6 fully saturated rings. The molecule has 2 spiro atoms. The Kier molecular flexibility index (Phi) is 4.11. The molecule has 0 aromatic carbocycles. The summed E-state index contributed by atoms with van der Waals surface area (Å²) >= 11 is 0. The largest absolute Gasteiger partial charge is 0.384 e. The van der Waals surface area contributed by atoms with Crippen LogP contribution in [0.4, 0.5) is 44.1 Å². The monoisotopic (exact) mass is 541 g/mol. The van der Waals surface area contributed by atoms with Crippen molar-refractivity contribution in [2.75, 3.05) is 42.0 Å². The Labute approximate surface area is 211 Å². The van der Waals surface area contributed by atoms with Crippen molar-refractivity contribution >= 4 is 17.7 Å². The highest BCUT2D eigenvalue weighted by atomic mass is 19.3. The van der Waals surface area contributed by atoms with Crippen LogP contribution >= 0.6 is 0 Å². The van der Waals surface area contributed by atoms with Crippen molar-refractivity contribution in [1.82, 2.24) is 19.9 Å². The van der Waals surface area contributed by atoms with Gasteiger partial charge in [-0.15, -0.1) is 0 Å². The second kappa shape index (κ2) is 6.79. The molecule has 2 saturated carbocycles. The predicted octanol–water partition coefficient (Wildman–Crippen LogP) is 2.68. The van der Waals surface area contributed by atoms with E-state index in [9.17, 15) is 26.3 Å². The lowest BCUT2D eigenvalue weighted by Crippen LogP contribution is -2.86. The number of anilines is 3. The van der Waals surface area contributed by atoms with Gasteiger partial charge in [0.25, 0.3) is 18.3 Å². The third kappa shape index (κ3) is 2.52. The summed E-state index contributed by atoms with van der Waals surface area (Å²) in [5.74, 6) is -6.92. The van der Waals surface area contributed by atoms with Crippen LogP contribution in [0.25, 0.3) is 11.4 Å². The van der Waals surface area contributed by atoms with Crippen LogP contribution in [0.3, 0.4) is 0 Å². The second-order valence-corrected chi connectivity index (χ2v) is 11.3. The lowest BCUT2D eigenvalue weighted by molar-refractivity contribution is -0.228. The first kappa shape index (κ1) is 23.0. The van der Waals surface area contributed by atoms with Gasteiger partial charge >= 0.3 is 0 Å². The molecule has 2 aromatic rings. The fourth-order valence-corrected chi connectivity index (χ4v) is 7.89. The van der Waals surface area contributed by atoms with Gasteiger partial charge in [0.05, 0.1) is 38.5 Å². The third-order valence-electron chi connectivity index (χ3n) is 9.37. The van der Waals surface area contributed by atoms with Crippen molar-refractivity contribution in [2.45, 2.75) is 55.3 Å². The number of ether oxygens (including phenoxy) is 2. The number of rotatable bonds is 4. The third-order valence-corrected chi connectivity index (χ3v) is 9.37. The molecule has 9 nitrogen and oxygen atoms in total. The van der Waals surface area contributed by atoms with Crippen LogP contribution in [0, 0.1) is 10.8 Å². The predicted molar refractivity (Wildman–Crippen MR) is 118 cm³/mol. The molecule has 2 N–H and O–H groups in total. The maximum atomic E-state index is 14.8. The van der Waals surface area contributed by atoms with E-state index in [4.69, 9.17) is 15.2 Å². The van der Waals surface area contributed by atoms with E-state index < -0.39 is 58.8 Å². The normalized spacial score (nSPS) is 38.8. The molecule has 2 aliphatic carbocycles. The summed E-state index contributed by atoms with van der Waals surface area (Å²) in [4.78, 5) is 19.6. The molecule has 202 valence electrons. The number of alkyl halides is 6. The van der Waals surface area contributed by atoms with Crippen LogP contribution in [0.2, 0.25) is 0 Å². The minimum Gasteiger partial charge on any atom is -0.384 e. The molecule has 6 unspecified atom stereocenters. The van der Waals surface area contributed by atoms with Crippen LogP contribution in [0.1, 0.15) is 24.8 Å². The summed E-state index contributed by atoms with van der Waals surface area (Å²) in [7, 11) is 0. The number of nitrogen functional groups attached to an aromatic ring is 1. The highest BCUT2D eigenvalue weighted by Gasteiger charge is 2.83. The Morgan fingerprint density at radius 1 is 0.868 bits per heavy atom. The molecule has 0 radical (unpaired) electrons. The first-order chi connectivity index (χ1) is 18.0. The van der Waals surface area contributed by atoms with Gasteiger partial charge in [-0.3, -0.25) is 0 Å². The number of nitrogens with zero attached hydrogens (tertiary/aromatic N) is 6. The number of hydrogen-bond donors (Lipinski definition) is 1. The van der Waals surface area contributed by atoms with Gasteiger partial charge < -0.3 is 25.0 Å². The summed E-state index contributed by atoms with van der Waals surface area (Å²) < 4.78 is 98.0. The minimum absolute atomic E-state index is 0.159. The number of nitrogens with two attached hydrogens (primary N) is 1. The Balaban J connectivity index is 1.28. The van der Waals surface area contributed by atoms with Gasteiger partial charge in [0.2, 0.25) is 11.9 Å². The molecule has 38 heavy (non-hydrogen) atoms. The molecule has 8 rings (SSSR count). The fraction of sp³-hybridized carbons (Fsp3) is 0.652. The maximum Gasteiger partial charge on any atom is 0.269 e. The lowest BCUT2D eigenvalue weighted by atomic mass is 9.51. The van der Waals surface area contributed by atoms with Gasteiger partial charge in [-0.2, -0.15) is 15.0 Å². The zero-order chi connectivity index (χ0) is 26.4. The number of hydrogen-bond acceptors (Lipinski definition) is 9. The molecule has 4 aliphatic heterocycles. The fourth-order valence-electron chi connectivity index (χ4n) is 7.89. The minimum atomic E-state index is -3.04. The average molecular weight is 541 g/mol.